The third-order valence-electron chi connectivity index (χ3n) is 3.85. The van der Waals surface area contributed by atoms with Crippen LogP contribution in [0.25, 0.3) is 0 Å². The van der Waals surface area contributed by atoms with Gasteiger partial charge in [0.2, 0.25) is 0 Å². The number of hydrogen-bond donors (Lipinski definition) is 1. The summed E-state index contributed by atoms with van der Waals surface area (Å²) in [5.41, 5.74) is 1.68. The molecule has 20 heavy (non-hydrogen) atoms. The maximum atomic E-state index is 3.57. The first-order valence-electron chi connectivity index (χ1n) is 7.80. The number of nitrogens with one attached hydrogen (secondary N) is 1. The van der Waals surface area contributed by atoms with Gasteiger partial charge in [0, 0.05) is 34.4 Å². The zero-order chi connectivity index (χ0) is 15.3. The summed E-state index contributed by atoms with van der Waals surface area (Å²) in [7, 11) is 2.25. The van der Waals surface area contributed by atoms with Crippen molar-refractivity contribution < 1.29 is 0 Å². The fourth-order valence-corrected chi connectivity index (χ4v) is 3.49. The minimum Gasteiger partial charge on any atom is -0.307 e. The van der Waals surface area contributed by atoms with Crippen molar-refractivity contribution in [1.82, 2.24) is 10.2 Å². The van der Waals surface area contributed by atoms with Crippen molar-refractivity contribution in [3.05, 3.63) is 21.4 Å². The molecule has 0 unspecified atom stereocenters. The quantitative estimate of drug-likeness (QED) is 0.793. The fourth-order valence-electron chi connectivity index (χ4n) is 2.49. The summed E-state index contributed by atoms with van der Waals surface area (Å²) in [6, 6.07) is 3.09. The number of rotatable bonds is 7. The van der Waals surface area contributed by atoms with E-state index in [1.165, 1.54) is 28.2 Å². The van der Waals surface area contributed by atoms with Gasteiger partial charge in [0.25, 0.3) is 0 Å². The molecule has 0 spiro atoms. The van der Waals surface area contributed by atoms with Gasteiger partial charge in [0.05, 0.1) is 0 Å². The molecule has 0 radical (unpaired) electrons. The smallest absolute Gasteiger partial charge is 0.0304 e. The summed E-state index contributed by atoms with van der Waals surface area (Å²) in [6.45, 7) is 15.5. The predicted octanol–water partition coefficient (Wildman–Crippen LogP) is 4.57. The number of aryl methyl sites for hydroxylation is 1. The lowest BCUT2D eigenvalue weighted by atomic mass is 10.1. The lowest BCUT2D eigenvalue weighted by Gasteiger charge is -2.26. The van der Waals surface area contributed by atoms with Crippen molar-refractivity contribution in [3.63, 3.8) is 0 Å². The van der Waals surface area contributed by atoms with Crippen molar-refractivity contribution in [2.75, 3.05) is 7.05 Å². The van der Waals surface area contributed by atoms with Crippen LogP contribution < -0.4 is 5.32 Å². The highest BCUT2D eigenvalue weighted by molar-refractivity contribution is 7.12. The Morgan fingerprint density at radius 1 is 1.25 bits per heavy atom. The van der Waals surface area contributed by atoms with Gasteiger partial charge in [-0.25, -0.2) is 0 Å². The summed E-state index contributed by atoms with van der Waals surface area (Å²) in [4.78, 5) is 5.41. The molecule has 0 saturated heterocycles. The summed E-state index contributed by atoms with van der Waals surface area (Å²) >= 11 is 1.93. The van der Waals surface area contributed by atoms with Crippen molar-refractivity contribution in [2.24, 2.45) is 0 Å². The monoisotopic (exact) mass is 296 g/mol. The molecule has 0 fully saturated rings. The van der Waals surface area contributed by atoms with Gasteiger partial charge in [-0.1, -0.05) is 13.8 Å². The van der Waals surface area contributed by atoms with Gasteiger partial charge < -0.3 is 5.32 Å². The number of nitrogens with zero attached hydrogens (tertiary/aromatic N) is 1. The molecule has 116 valence electrons. The van der Waals surface area contributed by atoms with Crippen LogP contribution in [0.1, 0.15) is 62.8 Å². The highest BCUT2D eigenvalue weighted by Gasteiger charge is 2.15. The van der Waals surface area contributed by atoms with Gasteiger partial charge in [-0.2, -0.15) is 0 Å². The van der Waals surface area contributed by atoms with Crippen molar-refractivity contribution in [2.45, 2.75) is 79.1 Å². The molecule has 3 heteroatoms. The fraction of sp³-hybridized carbons (Fsp3) is 0.765. The maximum absolute atomic E-state index is 3.57. The zero-order valence-electron chi connectivity index (χ0n) is 14.3. The third kappa shape index (κ3) is 5.55. The van der Waals surface area contributed by atoms with Gasteiger partial charge in [-0.05, 0) is 59.2 Å². The van der Waals surface area contributed by atoms with Crippen LogP contribution in [0.4, 0.5) is 0 Å². The molecule has 0 saturated carbocycles. The summed E-state index contributed by atoms with van der Waals surface area (Å²) < 4.78 is 0. The Bertz CT molecular complexity index is 400. The van der Waals surface area contributed by atoms with E-state index in [-0.39, 0.29) is 5.54 Å². The molecule has 0 aliphatic carbocycles. The second kappa shape index (κ2) is 7.58. The minimum absolute atomic E-state index is 0.185. The molecule has 0 aromatic carbocycles. The molecular formula is C17H32N2S. The van der Waals surface area contributed by atoms with E-state index in [2.05, 4.69) is 64.9 Å². The van der Waals surface area contributed by atoms with Crippen LogP contribution in [-0.4, -0.2) is 23.5 Å². The minimum atomic E-state index is 0.185. The van der Waals surface area contributed by atoms with E-state index in [1.807, 2.05) is 11.3 Å². The highest BCUT2D eigenvalue weighted by atomic mass is 32.1. The van der Waals surface area contributed by atoms with Crippen LogP contribution in [-0.2, 0) is 13.1 Å². The summed E-state index contributed by atoms with van der Waals surface area (Å²) in [5, 5.41) is 3.57. The van der Waals surface area contributed by atoms with E-state index < -0.39 is 0 Å². The van der Waals surface area contributed by atoms with Crippen LogP contribution in [0.2, 0.25) is 0 Å². The van der Waals surface area contributed by atoms with Gasteiger partial charge in [-0.15, -0.1) is 11.3 Å². The molecule has 0 atom stereocenters. The maximum Gasteiger partial charge on any atom is 0.0304 e. The molecule has 1 aromatic rings. The Hall–Kier alpha value is -0.380. The molecule has 0 aliphatic rings. The Labute approximate surface area is 129 Å². The topological polar surface area (TPSA) is 15.3 Å². The van der Waals surface area contributed by atoms with Gasteiger partial charge in [0.1, 0.15) is 0 Å². The first-order chi connectivity index (χ1) is 9.26. The van der Waals surface area contributed by atoms with Crippen molar-refractivity contribution >= 4 is 11.3 Å². The Morgan fingerprint density at radius 3 is 2.35 bits per heavy atom. The summed E-state index contributed by atoms with van der Waals surface area (Å²) in [6.07, 6.45) is 2.46. The third-order valence-corrected chi connectivity index (χ3v) is 4.94. The van der Waals surface area contributed by atoms with E-state index in [1.54, 1.807) is 0 Å². The SMILES string of the molecule is CCC(CC)N(C)Cc1cc(CNC(C)(C)C)sc1C. The van der Waals surface area contributed by atoms with E-state index in [4.69, 9.17) is 0 Å². The molecule has 1 heterocycles. The van der Waals surface area contributed by atoms with Gasteiger partial charge in [-0.3, -0.25) is 4.90 Å². The summed E-state index contributed by atoms with van der Waals surface area (Å²) in [5.74, 6) is 0. The largest absolute Gasteiger partial charge is 0.307 e. The standard InChI is InChI=1S/C17H32N2S/c1-8-15(9-2)19(7)12-14-10-16(20-13(14)3)11-18-17(4,5)6/h10,15,18H,8-9,11-12H2,1-7H3. The first kappa shape index (κ1) is 17.7. The molecule has 2 nitrogen and oxygen atoms in total. The van der Waals surface area contributed by atoms with Crippen LogP contribution in [0.5, 0.6) is 0 Å². The second-order valence-corrected chi connectivity index (χ2v) is 8.12. The van der Waals surface area contributed by atoms with E-state index in [0.717, 1.165) is 13.1 Å². The predicted molar refractivity (Wildman–Crippen MR) is 91.5 cm³/mol. The van der Waals surface area contributed by atoms with Crippen molar-refractivity contribution in [1.29, 1.82) is 0 Å². The van der Waals surface area contributed by atoms with Crippen LogP contribution in [0, 0.1) is 6.92 Å². The lowest BCUT2D eigenvalue weighted by molar-refractivity contribution is 0.221. The molecule has 1 aromatic heterocycles. The molecular weight excluding hydrogens is 264 g/mol. The highest BCUT2D eigenvalue weighted by Crippen LogP contribution is 2.24. The Balaban J connectivity index is 2.66. The zero-order valence-corrected chi connectivity index (χ0v) is 15.2. The van der Waals surface area contributed by atoms with Crippen molar-refractivity contribution in [3.8, 4) is 0 Å². The average molecular weight is 297 g/mol. The Kier molecular flexibility index (Phi) is 6.70. The molecule has 1 rings (SSSR count). The van der Waals surface area contributed by atoms with E-state index >= 15 is 0 Å². The number of thiophene rings is 1. The van der Waals surface area contributed by atoms with Gasteiger partial charge in [0.15, 0.2) is 0 Å². The van der Waals surface area contributed by atoms with Crippen LogP contribution in [0.15, 0.2) is 6.07 Å². The molecule has 0 amide bonds. The van der Waals surface area contributed by atoms with E-state index in [0.29, 0.717) is 6.04 Å². The Morgan fingerprint density at radius 2 is 1.85 bits per heavy atom. The number of hydrogen-bond acceptors (Lipinski definition) is 3. The lowest BCUT2D eigenvalue weighted by Crippen LogP contribution is -2.34. The van der Waals surface area contributed by atoms with Crippen LogP contribution >= 0.6 is 11.3 Å². The van der Waals surface area contributed by atoms with Gasteiger partial charge >= 0.3 is 0 Å². The second-order valence-electron chi connectivity index (χ2n) is 6.78. The molecule has 1 N–H and O–H groups in total. The molecule has 0 aliphatic heterocycles. The van der Waals surface area contributed by atoms with E-state index in [9.17, 15) is 0 Å². The normalized spacial score (nSPS) is 12.7. The average Bonchev–Trinajstić information content (AvgIpc) is 2.68. The first-order valence-corrected chi connectivity index (χ1v) is 8.62. The molecule has 0 bridgehead atoms. The van der Waals surface area contributed by atoms with Crippen LogP contribution in [0.3, 0.4) is 0 Å².